The van der Waals surface area contributed by atoms with E-state index in [1.807, 2.05) is 0 Å². The molecule has 21 heavy (non-hydrogen) atoms. The van der Waals surface area contributed by atoms with E-state index in [-0.39, 0.29) is 5.56 Å². The Balaban J connectivity index is 2.33. The van der Waals surface area contributed by atoms with Crippen LogP contribution < -0.4 is 10.1 Å². The van der Waals surface area contributed by atoms with Gasteiger partial charge in [0.1, 0.15) is 17.4 Å². The minimum Gasteiger partial charge on any atom is -0.495 e. The second kappa shape index (κ2) is 6.10. The zero-order chi connectivity index (χ0) is 15.6. The Labute approximate surface area is 125 Å². The molecule has 0 saturated heterocycles. The van der Waals surface area contributed by atoms with Crippen molar-refractivity contribution in [3.05, 3.63) is 58.1 Å². The Hall–Kier alpha value is -2.14. The van der Waals surface area contributed by atoms with Crippen molar-refractivity contribution in [2.24, 2.45) is 0 Å². The van der Waals surface area contributed by atoms with E-state index < -0.39 is 17.5 Å². The molecule has 0 saturated carbocycles. The van der Waals surface area contributed by atoms with E-state index in [9.17, 15) is 13.6 Å². The number of methoxy groups -OCH3 is 1. The molecular formula is C15H12ClF2NO2. The number of anilines is 1. The highest BCUT2D eigenvalue weighted by Crippen LogP contribution is 2.31. The summed E-state index contributed by atoms with van der Waals surface area (Å²) in [5, 5.41) is 3.03. The Bertz CT molecular complexity index is 684. The number of carbonyl (C=O) groups excluding carboxylic acids is 1. The maximum absolute atomic E-state index is 13.1. The van der Waals surface area contributed by atoms with Crippen LogP contribution in [0, 0.1) is 18.6 Å². The average Bonchev–Trinajstić information content (AvgIpc) is 2.41. The van der Waals surface area contributed by atoms with Gasteiger partial charge >= 0.3 is 0 Å². The van der Waals surface area contributed by atoms with Crippen LogP contribution in [0.2, 0.25) is 5.02 Å². The molecule has 0 aromatic heterocycles. The predicted molar refractivity (Wildman–Crippen MR) is 77.1 cm³/mol. The van der Waals surface area contributed by atoms with Gasteiger partial charge in [0.05, 0.1) is 12.8 Å². The van der Waals surface area contributed by atoms with Crippen molar-refractivity contribution in [1.29, 1.82) is 0 Å². The highest BCUT2D eigenvalue weighted by Gasteiger charge is 2.13. The van der Waals surface area contributed by atoms with Crippen LogP contribution >= 0.6 is 11.6 Å². The van der Waals surface area contributed by atoms with Gasteiger partial charge in [0.25, 0.3) is 5.91 Å². The van der Waals surface area contributed by atoms with Gasteiger partial charge in [-0.15, -0.1) is 0 Å². The van der Waals surface area contributed by atoms with E-state index in [0.717, 1.165) is 17.7 Å². The number of rotatable bonds is 3. The first-order valence-corrected chi connectivity index (χ1v) is 6.40. The highest BCUT2D eigenvalue weighted by molar-refractivity contribution is 6.31. The Morgan fingerprint density at radius 1 is 1.14 bits per heavy atom. The summed E-state index contributed by atoms with van der Waals surface area (Å²) < 4.78 is 31.4. The molecule has 1 N–H and O–H groups in total. The van der Waals surface area contributed by atoms with Crippen LogP contribution in [0.4, 0.5) is 14.5 Å². The molecule has 0 unspecified atom stereocenters. The van der Waals surface area contributed by atoms with Gasteiger partial charge in [-0.25, -0.2) is 8.78 Å². The van der Waals surface area contributed by atoms with Gasteiger partial charge in [0, 0.05) is 22.7 Å². The molecule has 2 rings (SSSR count). The van der Waals surface area contributed by atoms with Crippen LogP contribution in [-0.4, -0.2) is 13.0 Å². The van der Waals surface area contributed by atoms with Crippen LogP contribution in [-0.2, 0) is 0 Å². The smallest absolute Gasteiger partial charge is 0.255 e. The van der Waals surface area contributed by atoms with Crippen molar-refractivity contribution in [3.8, 4) is 5.75 Å². The fourth-order valence-corrected chi connectivity index (χ4v) is 1.96. The molecule has 0 bridgehead atoms. The average molecular weight is 312 g/mol. The molecule has 0 atom stereocenters. The lowest BCUT2D eigenvalue weighted by Gasteiger charge is -2.12. The molecule has 0 aliphatic rings. The monoisotopic (exact) mass is 311 g/mol. The lowest BCUT2D eigenvalue weighted by Crippen LogP contribution is -2.13. The van der Waals surface area contributed by atoms with Crippen molar-refractivity contribution in [2.75, 3.05) is 12.4 Å². The second-order valence-electron chi connectivity index (χ2n) is 4.41. The molecule has 0 aliphatic carbocycles. The topological polar surface area (TPSA) is 38.3 Å². The molecule has 2 aromatic rings. The summed E-state index contributed by atoms with van der Waals surface area (Å²) in [4.78, 5) is 12.0. The minimum absolute atomic E-state index is 0.123. The summed E-state index contributed by atoms with van der Waals surface area (Å²) in [7, 11) is 1.43. The predicted octanol–water partition coefficient (Wildman–Crippen LogP) is 4.19. The number of halogens is 3. The molecule has 0 fully saturated rings. The third-order valence-corrected chi connectivity index (χ3v) is 3.26. The quantitative estimate of drug-likeness (QED) is 0.923. The van der Waals surface area contributed by atoms with E-state index in [1.165, 1.54) is 7.11 Å². The summed E-state index contributed by atoms with van der Waals surface area (Å²) in [6.45, 7) is 1.76. The fourth-order valence-electron chi connectivity index (χ4n) is 1.81. The van der Waals surface area contributed by atoms with Crippen LogP contribution in [0.1, 0.15) is 15.9 Å². The van der Waals surface area contributed by atoms with Crippen molar-refractivity contribution in [2.45, 2.75) is 6.92 Å². The zero-order valence-electron chi connectivity index (χ0n) is 11.3. The van der Waals surface area contributed by atoms with E-state index in [4.69, 9.17) is 16.3 Å². The van der Waals surface area contributed by atoms with Crippen molar-refractivity contribution >= 4 is 23.2 Å². The van der Waals surface area contributed by atoms with Gasteiger partial charge in [0.15, 0.2) is 0 Å². The summed E-state index contributed by atoms with van der Waals surface area (Å²) in [5.41, 5.74) is 0.981. The third kappa shape index (κ3) is 3.49. The summed E-state index contributed by atoms with van der Waals surface area (Å²) in [6.07, 6.45) is 0. The van der Waals surface area contributed by atoms with Crippen molar-refractivity contribution < 1.29 is 18.3 Å². The summed E-state index contributed by atoms with van der Waals surface area (Å²) >= 11 is 5.97. The summed E-state index contributed by atoms with van der Waals surface area (Å²) in [6, 6.07) is 5.78. The van der Waals surface area contributed by atoms with E-state index >= 15 is 0 Å². The lowest BCUT2D eigenvalue weighted by atomic mass is 10.1. The Morgan fingerprint density at radius 2 is 1.76 bits per heavy atom. The second-order valence-corrected chi connectivity index (χ2v) is 4.82. The normalized spacial score (nSPS) is 10.3. The van der Waals surface area contributed by atoms with Crippen molar-refractivity contribution in [1.82, 2.24) is 0 Å². The number of benzene rings is 2. The van der Waals surface area contributed by atoms with Gasteiger partial charge in [-0.3, -0.25) is 4.79 Å². The standard InChI is InChI=1S/C15H12ClF2NO2/c1-8-3-13(14(21-2)7-12(8)16)19-15(20)9-4-10(17)6-11(18)5-9/h3-7H,1-2H3,(H,19,20). The maximum atomic E-state index is 13.1. The molecule has 0 radical (unpaired) electrons. The SMILES string of the molecule is COc1cc(Cl)c(C)cc1NC(=O)c1cc(F)cc(F)c1. The highest BCUT2D eigenvalue weighted by atomic mass is 35.5. The van der Waals surface area contributed by atoms with Gasteiger partial charge in [-0.05, 0) is 30.7 Å². The molecule has 2 aromatic carbocycles. The largest absolute Gasteiger partial charge is 0.495 e. The van der Waals surface area contributed by atoms with Gasteiger partial charge in [-0.1, -0.05) is 11.6 Å². The molecule has 1 amide bonds. The number of hydrogen-bond donors (Lipinski definition) is 1. The van der Waals surface area contributed by atoms with Gasteiger partial charge in [-0.2, -0.15) is 0 Å². The molecule has 0 heterocycles. The zero-order valence-corrected chi connectivity index (χ0v) is 12.1. The molecule has 6 heteroatoms. The third-order valence-electron chi connectivity index (χ3n) is 2.85. The summed E-state index contributed by atoms with van der Waals surface area (Å²) in [5.74, 6) is -1.93. The van der Waals surface area contributed by atoms with E-state index in [0.29, 0.717) is 22.5 Å². The first kappa shape index (κ1) is 15.3. The first-order chi connectivity index (χ1) is 9.90. The lowest BCUT2D eigenvalue weighted by molar-refractivity contribution is 0.102. The van der Waals surface area contributed by atoms with Crippen LogP contribution in [0.15, 0.2) is 30.3 Å². The van der Waals surface area contributed by atoms with Crippen LogP contribution in [0.25, 0.3) is 0 Å². The minimum atomic E-state index is -0.820. The van der Waals surface area contributed by atoms with Crippen molar-refractivity contribution in [3.63, 3.8) is 0 Å². The molecule has 110 valence electrons. The van der Waals surface area contributed by atoms with Gasteiger partial charge < -0.3 is 10.1 Å². The maximum Gasteiger partial charge on any atom is 0.255 e. The Kier molecular flexibility index (Phi) is 4.43. The van der Waals surface area contributed by atoms with E-state index in [1.54, 1.807) is 19.1 Å². The van der Waals surface area contributed by atoms with Gasteiger partial charge in [0.2, 0.25) is 0 Å². The van der Waals surface area contributed by atoms with Crippen LogP contribution in [0.3, 0.4) is 0 Å². The molecule has 0 spiro atoms. The fraction of sp³-hybridized carbons (Fsp3) is 0.133. The number of amides is 1. The molecular weight excluding hydrogens is 300 g/mol. The number of carbonyl (C=O) groups is 1. The molecule has 3 nitrogen and oxygen atoms in total. The molecule has 0 aliphatic heterocycles. The number of aryl methyl sites for hydroxylation is 1. The van der Waals surface area contributed by atoms with E-state index in [2.05, 4.69) is 5.32 Å². The Morgan fingerprint density at radius 3 is 2.33 bits per heavy atom. The number of ether oxygens (including phenoxy) is 1. The van der Waals surface area contributed by atoms with Crippen LogP contribution in [0.5, 0.6) is 5.75 Å². The number of nitrogens with one attached hydrogen (secondary N) is 1. The first-order valence-electron chi connectivity index (χ1n) is 6.02. The number of hydrogen-bond acceptors (Lipinski definition) is 2.